The number of hydrogen-bond acceptors (Lipinski definition) is 2. The SMILES string of the molecule is COc1c(O)c2ccccc2c2c(C)c3ccccc3cc12. The van der Waals surface area contributed by atoms with Gasteiger partial charge in [-0.3, -0.25) is 0 Å². The average Bonchev–Trinajstić information content (AvgIpc) is 2.55. The van der Waals surface area contributed by atoms with Gasteiger partial charge in [-0.15, -0.1) is 0 Å². The Morgan fingerprint density at radius 3 is 2.18 bits per heavy atom. The Labute approximate surface area is 128 Å². The zero-order valence-electron chi connectivity index (χ0n) is 12.6. The maximum Gasteiger partial charge on any atom is 0.168 e. The number of methoxy groups -OCH3 is 1. The number of hydrogen-bond donors (Lipinski definition) is 1. The summed E-state index contributed by atoms with van der Waals surface area (Å²) in [6, 6.07) is 18.3. The topological polar surface area (TPSA) is 29.5 Å². The second-order valence-electron chi connectivity index (χ2n) is 5.57. The second-order valence-corrected chi connectivity index (χ2v) is 5.57. The van der Waals surface area contributed by atoms with E-state index in [0.29, 0.717) is 5.75 Å². The van der Waals surface area contributed by atoms with E-state index in [1.54, 1.807) is 7.11 Å². The first-order valence-electron chi connectivity index (χ1n) is 7.32. The third-order valence-electron chi connectivity index (χ3n) is 4.42. The van der Waals surface area contributed by atoms with Crippen LogP contribution in [-0.2, 0) is 0 Å². The Hall–Kier alpha value is -2.74. The Kier molecular flexibility index (Phi) is 2.73. The van der Waals surface area contributed by atoms with Crippen LogP contribution >= 0.6 is 0 Å². The van der Waals surface area contributed by atoms with Gasteiger partial charge in [-0.1, -0.05) is 48.5 Å². The minimum Gasteiger partial charge on any atom is -0.504 e. The van der Waals surface area contributed by atoms with Crippen LogP contribution in [0.25, 0.3) is 32.3 Å². The lowest BCUT2D eigenvalue weighted by atomic mass is 9.92. The summed E-state index contributed by atoms with van der Waals surface area (Å²) < 4.78 is 5.52. The summed E-state index contributed by atoms with van der Waals surface area (Å²) in [5, 5.41) is 16.9. The van der Waals surface area contributed by atoms with Crippen molar-refractivity contribution in [2.24, 2.45) is 0 Å². The molecule has 0 saturated carbocycles. The Balaban J connectivity index is 2.38. The molecule has 0 bridgehead atoms. The highest BCUT2D eigenvalue weighted by Crippen LogP contribution is 2.45. The first-order valence-corrected chi connectivity index (χ1v) is 7.32. The molecule has 0 aliphatic heterocycles. The average molecular weight is 288 g/mol. The summed E-state index contributed by atoms with van der Waals surface area (Å²) in [4.78, 5) is 0. The number of benzene rings is 4. The van der Waals surface area contributed by atoms with Crippen molar-refractivity contribution in [2.75, 3.05) is 7.11 Å². The van der Waals surface area contributed by atoms with Crippen LogP contribution in [0, 0.1) is 6.92 Å². The molecule has 1 N–H and O–H groups in total. The van der Waals surface area contributed by atoms with E-state index in [1.807, 2.05) is 24.3 Å². The van der Waals surface area contributed by atoms with Gasteiger partial charge in [0.25, 0.3) is 0 Å². The molecule has 0 atom stereocenters. The summed E-state index contributed by atoms with van der Waals surface area (Å²) in [5.41, 5.74) is 1.21. The normalized spacial score (nSPS) is 11.4. The number of phenols is 1. The van der Waals surface area contributed by atoms with E-state index in [0.717, 1.165) is 26.9 Å². The van der Waals surface area contributed by atoms with Crippen LogP contribution in [0.4, 0.5) is 0 Å². The molecule has 4 rings (SSSR count). The number of rotatable bonds is 1. The maximum absolute atomic E-state index is 10.6. The molecule has 4 aromatic carbocycles. The molecule has 0 unspecified atom stereocenters. The fourth-order valence-electron chi connectivity index (χ4n) is 3.42. The standard InChI is InChI=1S/C20H16O2/c1-12-14-8-4-3-7-13(14)11-17-18(12)15-9-5-6-10-16(15)19(21)20(17)22-2/h3-11,21H,1-2H3. The largest absolute Gasteiger partial charge is 0.504 e. The molecule has 0 aromatic heterocycles. The van der Waals surface area contributed by atoms with E-state index in [9.17, 15) is 5.11 Å². The van der Waals surface area contributed by atoms with Crippen molar-refractivity contribution in [3.8, 4) is 11.5 Å². The van der Waals surface area contributed by atoms with Crippen molar-refractivity contribution in [3.05, 3.63) is 60.2 Å². The lowest BCUT2D eigenvalue weighted by molar-refractivity contribution is 0.381. The second kappa shape index (κ2) is 4.63. The number of aromatic hydroxyl groups is 1. The molecule has 0 fully saturated rings. The van der Waals surface area contributed by atoms with Gasteiger partial charge in [0, 0.05) is 10.8 Å². The molecule has 22 heavy (non-hydrogen) atoms. The van der Waals surface area contributed by atoms with E-state index in [2.05, 4.69) is 37.3 Å². The Morgan fingerprint density at radius 1 is 0.818 bits per heavy atom. The van der Waals surface area contributed by atoms with E-state index in [1.165, 1.54) is 10.9 Å². The Bertz CT molecular complexity index is 1030. The minimum absolute atomic E-state index is 0.209. The monoisotopic (exact) mass is 288 g/mol. The molecule has 0 amide bonds. The summed E-state index contributed by atoms with van der Waals surface area (Å²) in [5.74, 6) is 0.753. The molecule has 4 aromatic rings. The van der Waals surface area contributed by atoms with Crippen LogP contribution < -0.4 is 4.74 Å². The molecular formula is C20H16O2. The van der Waals surface area contributed by atoms with Crippen LogP contribution in [-0.4, -0.2) is 12.2 Å². The summed E-state index contributed by atoms with van der Waals surface area (Å²) in [7, 11) is 1.60. The van der Waals surface area contributed by atoms with E-state index < -0.39 is 0 Å². The molecule has 0 heterocycles. The Morgan fingerprint density at radius 2 is 1.45 bits per heavy atom. The van der Waals surface area contributed by atoms with Gasteiger partial charge in [-0.2, -0.15) is 0 Å². The van der Waals surface area contributed by atoms with Gasteiger partial charge in [-0.05, 0) is 40.1 Å². The van der Waals surface area contributed by atoms with E-state index >= 15 is 0 Å². The number of aryl methyl sites for hydroxylation is 1. The summed E-state index contributed by atoms with van der Waals surface area (Å²) in [6.45, 7) is 2.13. The van der Waals surface area contributed by atoms with Crippen molar-refractivity contribution in [3.63, 3.8) is 0 Å². The molecule has 0 aliphatic rings. The van der Waals surface area contributed by atoms with Crippen molar-refractivity contribution >= 4 is 32.3 Å². The molecular weight excluding hydrogens is 272 g/mol. The van der Waals surface area contributed by atoms with Crippen molar-refractivity contribution < 1.29 is 9.84 Å². The van der Waals surface area contributed by atoms with Gasteiger partial charge in [0.05, 0.1) is 7.11 Å². The molecule has 0 aliphatic carbocycles. The van der Waals surface area contributed by atoms with Gasteiger partial charge in [0.2, 0.25) is 0 Å². The number of phenolic OH excluding ortho intramolecular Hbond substituents is 1. The van der Waals surface area contributed by atoms with Crippen molar-refractivity contribution in [1.29, 1.82) is 0 Å². The van der Waals surface area contributed by atoms with Crippen LogP contribution in [0.5, 0.6) is 11.5 Å². The predicted molar refractivity (Wildman–Crippen MR) is 91.9 cm³/mol. The van der Waals surface area contributed by atoms with Crippen molar-refractivity contribution in [1.82, 2.24) is 0 Å². The molecule has 0 radical (unpaired) electrons. The zero-order chi connectivity index (χ0) is 15.3. The van der Waals surface area contributed by atoms with Gasteiger partial charge in [-0.25, -0.2) is 0 Å². The minimum atomic E-state index is 0.209. The fraction of sp³-hybridized carbons (Fsp3) is 0.100. The van der Waals surface area contributed by atoms with Crippen LogP contribution in [0.2, 0.25) is 0 Å². The van der Waals surface area contributed by atoms with Gasteiger partial charge in [0.1, 0.15) is 0 Å². The van der Waals surface area contributed by atoms with E-state index in [-0.39, 0.29) is 5.75 Å². The molecule has 2 heteroatoms. The van der Waals surface area contributed by atoms with E-state index in [4.69, 9.17) is 4.74 Å². The first kappa shape index (κ1) is 13.0. The third-order valence-corrected chi connectivity index (χ3v) is 4.42. The van der Waals surface area contributed by atoms with Crippen LogP contribution in [0.1, 0.15) is 5.56 Å². The van der Waals surface area contributed by atoms with Gasteiger partial charge < -0.3 is 9.84 Å². The summed E-state index contributed by atoms with van der Waals surface area (Å²) >= 11 is 0. The maximum atomic E-state index is 10.6. The number of ether oxygens (including phenoxy) is 1. The lowest BCUT2D eigenvalue weighted by Gasteiger charge is -2.16. The van der Waals surface area contributed by atoms with Gasteiger partial charge >= 0.3 is 0 Å². The highest BCUT2D eigenvalue weighted by atomic mass is 16.5. The summed E-state index contributed by atoms with van der Waals surface area (Å²) in [6.07, 6.45) is 0. The first-order chi connectivity index (χ1) is 10.7. The quantitative estimate of drug-likeness (QED) is 0.387. The lowest BCUT2D eigenvalue weighted by Crippen LogP contribution is -1.91. The third kappa shape index (κ3) is 1.61. The fourth-order valence-corrected chi connectivity index (χ4v) is 3.42. The highest BCUT2D eigenvalue weighted by Gasteiger charge is 2.16. The highest BCUT2D eigenvalue weighted by molar-refractivity contribution is 6.19. The molecule has 0 saturated heterocycles. The predicted octanol–water partition coefficient (Wildman–Crippen LogP) is 5.17. The molecule has 108 valence electrons. The van der Waals surface area contributed by atoms with Crippen LogP contribution in [0.3, 0.4) is 0 Å². The zero-order valence-corrected chi connectivity index (χ0v) is 12.6. The van der Waals surface area contributed by atoms with Crippen LogP contribution in [0.15, 0.2) is 54.6 Å². The molecule has 2 nitrogen and oxygen atoms in total. The smallest absolute Gasteiger partial charge is 0.168 e. The molecule has 0 spiro atoms. The van der Waals surface area contributed by atoms with Crippen molar-refractivity contribution in [2.45, 2.75) is 6.92 Å². The number of fused-ring (bicyclic) bond motifs is 4. The van der Waals surface area contributed by atoms with Gasteiger partial charge in [0.15, 0.2) is 11.5 Å².